The van der Waals surface area contributed by atoms with E-state index in [1.165, 1.54) is 6.08 Å². The van der Waals surface area contributed by atoms with Crippen LogP contribution in [0.1, 0.15) is 41.4 Å². The van der Waals surface area contributed by atoms with Crippen molar-refractivity contribution in [3.8, 4) is 0 Å². The monoisotopic (exact) mass is 359 g/mol. The number of carbonyl (C=O) groups is 2. The standard InChI is InChI=1S/C23H21NO3/c1-16(2)17-7-9-19(10-8-17)22(25)15-27-23(26)14-13-20-12-11-18-5-3-4-6-21(18)24-20/h3-14,16H,15H2,1-2H3/b14-13+. The van der Waals surface area contributed by atoms with Crippen LogP contribution in [0.2, 0.25) is 0 Å². The van der Waals surface area contributed by atoms with Crippen molar-refractivity contribution in [2.75, 3.05) is 6.61 Å². The number of para-hydroxylation sites is 1. The van der Waals surface area contributed by atoms with Crippen molar-refractivity contribution in [1.29, 1.82) is 0 Å². The van der Waals surface area contributed by atoms with Gasteiger partial charge in [0.2, 0.25) is 0 Å². The van der Waals surface area contributed by atoms with E-state index >= 15 is 0 Å². The quantitative estimate of drug-likeness (QED) is 0.360. The van der Waals surface area contributed by atoms with Gasteiger partial charge in [-0.15, -0.1) is 0 Å². The Bertz CT molecular complexity index is 988. The third kappa shape index (κ3) is 4.88. The molecule has 0 N–H and O–H groups in total. The van der Waals surface area contributed by atoms with E-state index in [0.29, 0.717) is 17.2 Å². The highest BCUT2D eigenvalue weighted by Crippen LogP contribution is 2.15. The number of ketones is 1. The molecule has 0 unspecified atom stereocenters. The molecule has 0 fully saturated rings. The number of esters is 1. The number of fused-ring (bicyclic) bond motifs is 1. The van der Waals surface area contributed by atoms with E-state index in [-0.39, 0.29) is 12.4 Å². The van der Waals surface area contributed by atoms with Crippen LogP contribution in [0.4, 0.5) is 0 Å². The van der Waals surface area contributed by atoms with E-state index in [2.05, 4.69) is 18.8 Å². The fourth-order valence-corrected chi connectivity index (χ4v) is 2.65. The van der Waals surface area contributed by atoms with E-state index in [4.69, 9.17) is 4.74 Å². The van der Waals surface area contributed by atoms with Crippen LogP contribution in [0.3, 0.4) is 0 Å². The van der Waals surface area contributed by atoms with Gasteiger partial charge >= 0.3 is 5.97 Å². The van der Waals surface area contributed by atoms with Gasteiger partial charge in [0.05, 0.1) is 11.2 Å². The second-order valence-electron chi connectivity index (χ2n) is 6.57. The molecular formula is C23H21NO3. The van der Waals surface area contributed by atoms with Gasteiger partial charge in [-0.1, -0.05) is 62.4 Å². The smallest absolute Gasteiger partial charge is 0.331 e. The van der Waals surface area contributed by atoms with Gasteiger partial charge in [-0.05, 0) is 29.7 Å². The van der Waals surface area contributed by atoms with Crippen LogP contribution in [-0.2, 0) is 9.53 Å². The molecule has 0 spiro atoms. The molecule has 4 heteroatoms. The minimum atomic E-state index is -0.572. The zero-order valence-corrected chi connectivity index (χ0v) is 15.4. The summed E-state index contributed by atoms with van der Waals surface area (Å²) >= 11 is 0. The lowest BCUT2D eigenvalue weighted by Crippen LogP contribution is -2.12. The molecule has 1 aromatic heterocycles. The maximum atomic E-state index is 12.1. The fourth-order valence-electron chi connectivity index (χ4n) is 2.65. The van der Waals surface area contributed by atoms with Crippen molar-refractivity contribution in [1.82, 2.24) is 4.98 Å². The Kier molecular flexibility index (Phi) is 5.77. The van der Waals surface area contributed by atoms with E-state index in [1.807, 2.05) is 48.5 Å². The molecule has 136 valence electrons. The van der Waals surface area contributed by atoms with Crippen molar-refractivity contribution in [3.05, 3.63) is 83.6 Å². The van der Waals surface area contributed by atoms with Crippen molar-refractivity contribution in [2.24, 2.45) is 0 Å². The predicted molar refractivity (Wildman–Crippen MR) is 107 cm³/mol. The highest BCUT2D eigenvalue weighted by atomic mass is 16.5. The number of carbonyl (C=O) groups excluding carboxylic acids is 2. The second kappa shape index (κ2) is 8.41. The number of pyridine rings is 1. The molecule has 27 heavy (non-hydrogen) atoms. The van der Waals surface area contributed by atoms with Crippen LogP contribution in [0, 0.1) is 0 Å². The van der Waals surface area contributed by atoms with E-state index in [9.17, 15) is 9.59 Å². The Morgan fingerprint density at radius 3 is 2.48 bits per heavy atom. The number of hydrogen-bond donors (Lipinski definition) is 0. The Balaban J connectivity index is 1.56. The summed E-state index contributed by atoms with van der Waals surface area (Å²) in [4.78, 5) is 28.5. The summed E-state index contributed by atoms with van der Waals surface area (Å²) in [6.07, 6.45) is 2.86. The van der Waals surface area contributed by atoms with Crippen LogP contribution in [-0.4, -0.2) is 23.3 Å². The van der Waals surface area contributed by atoms with Gasteiger partial charge in [-0.3, -0.25) is 4.79 Å². The number of hydrogen-bond acceptors (Lipinski definition) is 4. The van der Waals surface area contributed by atoms with Gasteiger partial charge in [0, 0.05) is 17.0 Å². The second-order valence-corrected chi connectivity index (χ2v) is 6.57. The van der Waals surface area contributed by atoms with Gasteiger partial charge in [0.15, 0.2) is 12.4 Å². The first-order valence-corrected chi connectivity index (χ1v) is 8.87. The maximum Gasteiger partial charge on any atom is 0.331 e. The van der Waals surface area contributed by atoms with Crippen LogP contribution in [0.15, 0.2) is 66.7 Å². The highest BCUT2D eigenvalue weighted by molar-refractivity contribution is 5.99. The third-order valence-corrected chi connectivity index (χ3v) is 4.25. The molecule has 0 aliphatic rings. The molecule has 0 aliphatic carbocycles. The summed E-state index contributed by atoms with van der Waals surface area (Å²) in [7, 11) is 0. The zero-order chi connectivity index (χ0) is 19.2. The Labute approximate surface area is 158 Å². The van der Waals surface area contributed by atoms with Crippen molar-refractivity contribution >= 4 is 28.7 Å². The third-order valence-electron chi connectivity index (χ3n) is 4.25. The lowest BCUT2D eigenvalue weighted by Gasteiger charge is -2.06. The summed E-state index contributed by atoms with van der Waals surface area (Å²) in [5, 5.41) is 1.03. The van der Waals surface area contributed by atoms with Crippen LogP contribution in [0.25, 0.3) is 17.0 Å². The molecule has 2 aromatic carbocycles. The maximum absolute atomic E-state index is 12.1. The predicted octanol–water partition coefficient (Wildman–Crippen LogP) is 4.80. The molecule has 0 saturated carbocycles. The molecule has 3 rings (SSSR count). The van der Waals surface area contributed by atoms with Crippen molar-refractivity contribution in [3.63, 3.8) is 0 Å². The molecule has 0 bridgehead atoms. The average Bonchev–Trinajstić information content (AvgIpc) is 2.70. The molecule has 0 aliphatic heterocycles. The molecule has 4 nitrogen and oxygen atoms in total. The van der Waals surface area contributed by atoms with Gasteiger partial charge in [-0.25, -0.2) is 9.78 Å². The van der Waals surface area contributed by atoms with E-state index < -0.39 is 5.97 Å². The van der Waals surface area contributed by atoms with Crippen molar-refractivity contribution < 1.29 is 14.3 Å². The Hall–Kier alpha value is -3.27. The minimum absolute atomic E-state index is 0.226. The number of ether oxygens (including phenoxy) is 1. The van der Waals surface area contributed by atoms with Crippen LogP contribution < -0.4 is 0 Å². The van der Waals surface area contributed by atoms with Gasteiger partial charge < -0.3 is 4.74 Å². The number of rotatable bonds is 6. The molecular weight excluding hydrogens is 338 g/mol. The number of nitrogens with zero attached hydrogens (tertiary/aromatic N) is 1. The minimum Gasteiger partial charge on any atom is -0.454 e. The SMILES string of the molecule is CC(C)c1ccc(C(=O)COC(=O)/C=C/c2ccc3ccccc3n2)cc1. The molecule has 0 amide bonds. The fraction of sp³-hybridized carbons (Fsp3) is 0.174. The summed E-state index contributed by atoms with van der Waals surface area (Å²) in [5.74, 6) is -0.395. The summed E-state index contributed by atoms with van der Waals surface area (Å²) in [6.45, 7) is 3.90. The lowest BCUT2D eigenvalue weighted by molar-refractivity contribution is -0.136. The average molecular weight is 359 g/mol. The van der Waals surface area contributed by atoms with E-state index in [0.717, 1.165) is 16.5 Å². The Morgan fingerprint density at radius 2 is 1.74 bits per heavy atom. The number of Topliss-reactive ketones (excluding diaryl/α,β-unsaturated/α-hetero) is 1. The van der Waals surface area contributed by atoms with Crippen LogP contribution in [0.5, 0.6) is 0 Å². The first kappa shape index (κ1) is 18.5. The molecule has 0 atom stereocenters. The van der Waals surface area contributed by atoms with Gasteiger partial charge in [0.25, 0.3) is 0 Å². The first-order chi connectivity index (χ1) is 13.0. The lowest BCUT2D eigenvalue weighted by atomic mass is 10.0. The number of benzene rings is 2. The number of aromatic nitrogens is 1. The normalized spacial score (nSPS) is 11.2. The summed E-state index contributed by atoms with van der Waals surface area (Å²) < 4.78 is 5.04. The molecule has 1 heterocycles. The Morgan fingerprint density at radius 1 is 1.00 bits per heavy atom. The topological polar surface area (TPSA) is 56.3 Å². The van der Waals surface area contributed by atoms with Crippen LogP contribution >= 0.6 is 0 Å². The summed E-state index contributed by atoms with van der Waals surface area (Å²) in [5.41, 5.74) is 3.20. The van der Waals surface area contributed by atoms with E-state index in [1.54, 1.807) is 18.2 Å². The van der Waals surface area contributed by atoms with Crippen molar-refractivity contribution in [2.45, 2.75) is 19.8 Å². The van der Waals surface area contributed by atoms with Gasteiger partial charge in [-0.2, -0.15) is 0 Å². The van der Waals surface area contributed by atoms with Gasteiger partial charge in [0.1, 0.15) is 0 Å². The molecule has 3 aromatic rings. The highest BCUT2D eigenvalue weighted by Gasteiger charge is 2.09. The molecule has 0 saturated heterocycles. The first-order valence-electron chi connectivity index (χ1n) is 8.87. The largest absolute Gasteiger partial charge is 0.454 e. The zero-order valence-electron chi connectivity index (χ0n) is 15.4. The summed E-state index contributed by atoms with van der Waals surface area (Å²) in [6, 6.07) is 18.9. The molecule has 0 radical (unpaired) electrons.